The minimum Gasteiger partial charge on any atom is -0.495 e. The first-order valence-corrected chi connectivity index (χ1v) is 12.8. The molecule has 0 aliphatic heterocycles. The molecule has 2 rings (SSSR count). The van der Waals surface area contributed by atoms with Crippen LogP contribution >= 0.6 is 11.6 Å². The monoisotopic (exact) mass is 368 g/mol. The van der Waals surface area contributed by atoms with Crippen LogP contribution in [-0.2, 0) is 14.9 Å². The van der Waals surface area contributed by atoms with Crippen LogP contribution in [0.15, 0.2) is 18.2 Å². The molecule has 134 valence electrons. The molecule has 1 aromatic carbocycles. The molecular weight excluding hydrogens is 340 g/mol. The molecule has 0 radical (unpaired) electrons. The van der Waals surface area contributed by atoms with Crippen molar-refractivity contribution < 1.29 is 14.3 Å². The predicted octanol–water partition coefficient (Wildman–Crippen LogP) is 5.08. The third kappa shape index (κ3) is 4.62. The summed E-state index contributed by atoms with van der Waals surface area (Å²) in [4.78, 5) is 12.8. The summed E-state index contributed by atoms with van der Waals surface area (Å²) in [7, 11) is 0.468. The molecule has 0 saturated heterocycles. The van der Waals surface area contributed by atoms with E-state index in [-0.39, 0.29) is 5.78 Å². The zero-order valence-corrected chi connectivity index (χ0v) is 17.0. The van der Waals surface area contributed by atoms with Crippen LogP contribution in [-0.4, -0.2) is 34.2 Å². The molecule has 1 aromatic rings. The number of rotatable bonds is 7. The van der Waals surface area contributed by atoms with Gasteiger partial charge in [-0.3, -0.25) is 4.79 Å². The number of carbonyl (C=O) groups is 1. The minimum absolute atomic E-state index is 0.283. The fraction of sp³-hybridized carbons (Fsp3) is 0.632. The highest BCUT2D eigenvalue weighted by Gasteiger charge is 2.42. The number of halogens is 1. The molecule has 5 heteroatoms. The van der Waals surface area contributed by atoms with E-state index >= 15 is 0 Å². The summed E-state index contributed by atoms with van der Waals surface area (Å²) >= 11 is 6.16. The first-order chi connectivity index (χ1) is 11.3. The lowest BCUT2D eigenvalue weighted by molar-refractivity contribution is -0.129. The zero-order chi connectivity index (χ0) is 17.8. The lowest BCUT2D eigenvalue weighted by Crippen LogP contribution is -2.43. The van der Waals surface area contributed by atoms with Crippen molar-refractivity contribution in [2.24, 2.45) is 0 Å². The summed E-state index contributed by atoms with van der Waals surface area (Å²) in [6.45, 7) is 8.20. The molecule has 0 heterocycles. The third-order valence-corrected chi connectivity index (χ3v) is 6.86. The van der Waals surface area contributed by atoms with Crippen LogP contribution in [0.5, 0.6) is 5.75 Å². The van der Waals surface area contributed by atoms with Crippen molar-refractivity contribution in [2.45, 2.75) is 56.8 Å². The number of ether oxygens (including phenoxy) is 2. The van der Waals surface area contributed by atoms with E-state index in [0.717, 1.165) is 37.5 Å². The molecule has 1 fully saturated rings. The average molecular weight is 369 g/mol. The van der Waals surface area contributed by atoms with Gasteiger partial charge in [-0.15, -0.1) is 0 Å². The lowest BCUT2D eigenvalue weighted by atomic mass is 9.69. The molecule has 1 aliphatic rings. The maximum absolute atomic E-state index is 12.8. The summed E-state index contributed by atoms with van der Waals surface area (Å²) in [5, 5.41) is 0.569. The van der Waals surface area contributed by atoms with Gasteiger partial charge in [-0.1, -0.05) is 43.7 Å². The predicted molar refractivity (Wildman–Crippen MR) is 102 cm³/mol. The van der Waals surface area contributed by atoms with E-state index in [9.17, 15) is 4.79 Å². The second-order valence-corrected chi connectivity index (χ2v) is 14.0. The number of methoxy groups -OCH3 is 1. The van der Waals surface area contributed by atoms with Gasteiger partial charge >= 0.3 is 0 Å². The summed E-state index contributed by atoms with van der Waals surface area (Å²) in [5.41, 5.74) is 0.427. The molecule has 0 bridgehead atoms. The maximum atomic E-state index is 12.8. The van der Waals surface area contributed by atoms with Crippen molar-refractivity contribution >= 4 is 25.5 Å². The molecule has 0 amide bonds. The standard InChI is InChI=1S/C19H29ClO3Si/c1-22-17-13-15(8-9-16(17)20)19(10-6-5-7-18(19)21)14-23-11-12-24(2,3)4/h8-9,13H,5-7,10-12,14H2,1-4H3. The van der Waals surface area contributed by atoms with Crippen LogP contribution in [0.1, 0.15) is 31.2 Å². The molecule has 1 saturated carbocycles. The van der Waals surface area contributed by atoms with Crippen molar-refractivity contribution in [1.29, 1.82) is 0 Å². The SMILES string of the molecule is COc1cc(C2(COCC[Si](C)(C)C)CCCCC2=O)ccc1Cl. The van der Waals surface area contributed by atoms with Crippen molar-refractivity contribution in [2.75, 3.05) is 20.3 Å². The van der Waals surface area contributed by atoms with Crippen LogP contribution in [0.4, 0.5) is 0 Å². The van der Waals surface area contributed by atoms with Crippen molar-refractivity contribution in [3.63, 3.8) is 0 Å². The van der Waals surface area contributed by atoms with Gasteiger partial charge in [0.1, 0.15) is 11.5 Å². The molecule has 0 N–H and O–H groups in total. The summed E-state index contributed by atoms with van der Waals surface area (Å²) in [6.07, 6.45) is 3.49. The minimum atomic E-state index is -1.13. The van der Waals surface area contributed by atoms with Gasteiger partial charge in [0, 0.05) is 21.1 Å². The van der Waals surface area contributed by atoms with E-state index in [0.29, 0.717) is 23.8 Å². The highest BCUT2D eigenvalue weighted by Crippen LogP contribution is 2.40. The van der Waals surface area contributed by atoms with Crippen molar-refractivity contribution in [3.8, 4) is 5.75 Å². The quantitative estimate of drug-likeness (QED) is 0.497. The van der Waals surface area contributed by atoms with Gasteiger partial charge < -0.3 is 9.47 Å². The Kier molecular flexibility index (Phi) is 6.51. The topological polar surface area (TPSA) is 35.5 Å². The van der Waals surface area contributed by atoms with Crippen molar-refractivity contribution in [3.05, 3.63) is 28.8 Å². The van der Waals surface area contributed by atoms with E-state index in [1.807, 2.05) is 18.2 Å². The van der Waals surface area contributed by atoms with Gasteiger partial charge in [-0.2, -0.15) is 0 Å². The van der Waals surface area contributed by atoms with Gasteiger partial charge in [0.15, 0.2) is 0 Å². The fourth-order valence-corrected chi connectivity index (χ4v) is 4.17. The van der Waals surface area contributed by atoms with Gasteiger partial charge in [-0.05, 0) is 36.6 Å². The Balaban J connectivity index is 2.22. The van der Waals surface area contributed by atoms with Crippen molar-refractivity contribution in [1.82, 2.24) is 0 Å². The number of hydrogen-bond donors (Lipinski definition) is 0. The molecular formula is C19H29ClO3Si. The van der Waals surface area contributed by atoms with Gasteiger partial charge in [-0.25, -0.2) is 0 Å². The largest absolute Gasteiger partial charge is 0.495 e. The van der Waals surface area contributed by atoms with E-state index < -0.39 is 13.5 Å². The average Bonchev–Trinajstić information content (AvgIpc) is 2.53. The summed E-state index contributed by atoms with van der Waals surface area (Å²) in [6, 6.07) is 6.80. The number of ketones is 1. The Labute approximate surface area is 151 Å². The first-order valence-electron chi connectivity index (χ1n) is 8.74. The van der Waals surface area contributed by atoms with Crippen LogP contribution in [0.2, 0.25) is 30.7 Å². The maximum Gasteiger partial charge on any atom is 0.145 e. The summed E-state index contributed by atoms with van der Waals surface area (Å²) < 4.78 is 11.4. The first kappa shape index (κ1) is 19.5. The third-order valence-electron chi connectivity index (χ3n) is 4.84. The Morgan fingerprint density at radius 2 is 2.00 bits per heavy atom. The molecule has 0 spiro atoms. The Morgan fingerprint density at radius 1 is 1.25 bits per heavy atom. The number of carbonyl (C=O) groups excluding carboxylic acids is 1. The normalized spacial score (nSPS) is 21.8. The fourth-order valence-electron chi connectivity index (χ4n) is 3.21. The van der Waals surface area contributed by atoms with Gasteiger partial charge in [0.05, 0.1) is 24.2 Å². The highest BCUT2D eigenvalue weighted by atomic mass is 35.5. The van der Waals surface area contributed by atoms with E-state index in [1.54, 1.807) is 7.11 Å². The van der Waals surface area contributed by atoms with E-state index in [1.165, 1.54) is 0 Å². The van der Waals surface area contributed by atoms with E-state index in [2.05, 4.69) is 19.6 Å². The zero-order valence-electron chi connectivity index (χ0n) is 15.3. The van der Waals surface area contributed by atoms with Crippen LogP contribution in [0.25, 0.3) is 0 Å². The Morgan fingerprint density at radius 3 is 2.62 bits per heavy atom. The lowest BCUT2D eigenvalue weighted by Gasteiger charge is -2.36. The molecule has 3 nitrogen and oxygen atoms in total. The number of hydrogen-bond acceptors (Lipinski definition) is 3. The highest BCUT2D eigenvalue weighted by molar-refractivity contribution is 6.76. The Hall–Kier alpha value is -0.843. The van der Waals surface area contributed by atoms with Gasteiger partial charge in [0.2, 0.25) is 0 Å². The molecule has 1 atom stereocenters. The number of Topliss-reactive ketones (excluding diaryl/α,β-unsaturated/α-hetero) is 1. The smallest absolute Gasteiger partial charge is 0.145 e. The summed E-state index contributed by atoms with van der Waals surface area (Å²) in [5.74, 6) is 0.903. The molecule has 24 heavy (non-hydrogen) atoms. The van der Waals surface area contributed by atoms with Gasteiger partial charge in [0.25, 0.3) is 0 Å². The van der Waals surface area contributed by atoms with Crippen LogP contribution in [0.3, 0.4) is 0 Å². The molecule has 1 aliphatic carbocycles. The number of benzene rings is 1. The van der Waals surface area contributed by atoms with Crippen LogP contribution in [0, 0.1) is 0 Å². The van der Waals surface area contributed by atoms with Crippen LogP contribution < -0.4 is 4.74 Å². The second kappa shape index (κ2) is 8.02. The second-order valence-electron chi connectivity index (χ2n) is 7.92. The molecule has 1 unspecified atom stereocenters. The molecule has 0 aromatic heterocycles. The van der Waals surface area contributed by atoms with E-state index in [4.69, 9.17) is 21.1 Å². The Bertz CT molecular complexity index is 582.